The number of carbonyl (C=O) groups excluding carboxylic acids is 1. The van der Waals surface area contributed by atoms with Crippen LogP contribution in [0.5, 0.6) is 0 Å². The predicted octanol–water partition coefficient (Wildman–Crippen LogP) is 12.0. The lowest BCUT2D eigenvalue weighted by Gasteiger charge is -2.39. The molecule has 1 N–H and O–H groups in total. The Morgan fingerprint density at radius 1 is 1.05 bits per heavy atom. The fourth-order valence-electron chi connectivity index (χ4n) is 5.77. The van der Waals surface area contributed by atoms with Crippen LogP contribution in [0.4, 0.5) is 0 Å². The molecule has 0 aromatic carbocycles. The molecule has 1 aliphatic carbocycles. The van der Waals surface area contributed by atoms with Gasteiger partial charge in [0.2, 0.25) is 0 Å². The summed E-state index contributed by atoms with van der Waals surface area (Å²) in [5.74, 6) is 1.03. The fraction of sp³-hybridized carbons (Fsp3) is 0.684. The molecule has 3 atom stereocenters. The number of allylic oxidation sites excluding steroid dienone is 8. The molecule has 1 aliphatic rings. The molecule has 0 saturated carbocycles. The molecule has 0 saturated heterocycles. The highest BCUT2D eigenvalue weighted by atomic mass is 35.5. The van der Waals surface area contributed by atoms with Gasteiger partial charge in [0, 0.05) is 23.1 Å². The zero-order valence-corrected chi connectivity index (χ0v) is 30.1. The van der Waals surface area contributed by atoms with E-state index >= 15 is 0 Å². The zero-order valence-electron chi connectivity index (χ0n) is 29.4. The summed E-state index contributed by atoms with van der Waals surface area (Å²) in [7, 11) is 0. The normalized spacial score (nSPS) is 16.5. The molecule has 0 heterocycles. The first kappa shape index (κ1) is 40.1. The first-order chi connectivity index (χ1) is 19.8. The molecule has 1 rings (SSSR count). The molecule has 4 heteroatoms. The SMILES string of the molecule is C/C=C\C=C(/CC)C(CCC(C)C)N(C(=O)C(=N)C1=CCC(Cl)=CC(CC)=C1)C(C)CCCC(CC)C(C)(C)C.CC. The Morgan fingerprint density at radius 3 is 2.19 bits per heavy atom. The largest absolute Gasteiger partial charge is 0.328 e. The molecule has 42 heavy (non-hydrogen) atoms. The Balaban J connectivity index is 0.00000821. The summed E-state index contributed by atoms with van der Waals surface area (Å²) < 4.78 is 0. The quantitative estimate of drug-likeness (QED) is 0.139. The minimum atomic E-state index is -0.167. The monoisotopic (exact) mass is 600 g/mol. The van der Waals surface area contributed by atoms with Crippen LogP contribution >= 0.6 is 11.6 Å². The van der Waals surface area contributed by atoms with Crippen molar-refractivity contribution in [3.63, 3.8) is 0 Å². The molecule has 0 radical (unpaired) electrons. The van der Waals surface area contributed by atoms with Crippen LogP contribution in [0.15, 0.2) is 58.2 Å². The summed E-state index contributed by atoms with van der Waals surface area (Å²) in [5, 5.41) is 9.89. The summed E-state index contributed by atoms with van der Waals surface area (Å²) >= 11 is 6.41. The molecule has 0 bridgehead atoms. The van der Waals surface area contributed by atoms with E-state index < -0.39 is 0 Å². The molecule has 3 unspecified atom stereocenters. The van der Waals surface area contributed by atoms with Crippen molar-refractivity contribution in [2.75, 3.05) is 0 Å². The van der Waals surface area contributed by atoms with E-state index in [1.807, 2.05) is 45.1 Å². The van der Waals surface area contributed by atoms with Crippen LogP contribution < -0.4 is 0 Å². The third kappa shape index (κ3) is 13.6. The Hall–Kier alpha value is -1.87. The van der Waals surface area contributed by atoms with Crippen LogP contribution in [0.1, 0.15) is 141 Å². The Labute approximate surface area is 266 Å². The number of rotatable bonds is 16. The smallest absolute Gasteiger partial charge is 0.273 e. The topological polar surface area (TPSA) is 44.2 Å². The first-order valence-corrected chi connectivity index (χ1v) is 17.2. The average Bonchev–Trinajstić information content (AvgIpc) is 3.14. The summed E-state index contributed by atoms with van der Waals surface area (Å²) in [4.78, 5) is 16.5. The van der Waals surface area contributed by atoms with Gasteiger partial charge in [-0.3, -0.25) is 10.2 Å². The van der Waals surface area contributed by atoms with E-state index in [0.29, 0.717) is 23.8 Å². The Kier molecular flexibility index (Phi) is 20.0. The fourth-order valence-corrected chi connectivity index (χ4v) is 5.99. The predicted molar refractivity (Wildman–Crippen MR) is 189 cm³/mol. The van der Waals surface area contributed by atoms with Crippen molar-refractivity contribution in [2.24, 2.45) is 17.3 Å². The van der Waals surface area contributed by atoms with Gasteiger partial charge in [-0.05, 0) is 92.9 Å². The van der Waals surface area contributed by atoms with E-state index in [-0.39, 0.29) is 29.1 Å². The van der Waals surface area contributed by atoms with Crippen LogP contribution in [0.2, 0.25) is 0 Å². The minimum Gasteiger partial charge on any atom is -0.328 e. The van der Waals surface area contributed by atoms with E-state index in [1.54, 1.807) is 0 Å². The molecule has 0 spiro atoms. The van der Waals surface area contributed by atoms with Crippen LogP contribution in [0, 0.1) is 22.7 Å². The molecule has 0 aliphatic heterocycles. The van der Waals surface area contributed by atoms with Gasteiger partial charge < -0.3 is 4.90 Å². The lowest BCUT2D eigenvalue weighted by molar-refractivity contribution is -0.128. The van der Waals surface area contributed by atoms with Crippen LogP contribution in [0.3, 0.4) is 0 Å². The van der Waals surface area contributed by atoms with Crippen molar-refractivity contribution >= 4 is 23.2 Å². The summed E-state index contributed by atoms with van der Waals surface area (Å²) in [6, 6.07) is 0.00418. The summed E-state index contributed by atoms with van der Waals surface area (Å²) in [6.07, 6.45) is 20.7. The van der Waals surface area contributed by atoms with Crippen molar-refractivity contribution < 1.29 is 4.79 Å². The third-order valence-electron chi connectivity index (χ3n) is 8.40. The van der Waals surface area contributed by atoms with Crippen molar-refractivity contribution in [3.8, 4) is 0 Å². The van der Waals surface area contributed by atoms with Crippen molar-refractivity contribution in [3.05, 3.63) is 58.2 Å². The van der Waals surface area contributed by atoms with Gasteiger partial charge in [-0.15, -0.1) is 0 Å². The van der Waals surface area contributed by atoms with Gasteiger partial charge in [0.15, 0.2) is 0 Å². The van der Waals surface area contributed by atoms with E-state index in [1.165, 1.54) is 12.0 Å². The first-order valence-electron chi connectivity index (χ1n) is 16.8. The number of hydrogen-bond acceptors (Lipinski definition) is 2. The van der Waals surface area contributed by atoms with Crippen LogP contribution in [-0.2, 0) is 4.79 Å². The third-order valence-corrected chi connectivity index (χ3v) is 8.67. The highest BCUT2D eigenvalue weighted by Gasteiger charge is 2.33. The number of hydrogen-bond donors (Lipinski definition) is 1. The number of carbonyl (C=O) groups is 1. The van der Waals surface area contributed by atoms with E-state index in [2.05, 4.69) is 79.4 Å². The standard InChI is InChI=1S/C36H59ClN2O.C2H6/c1-11-15-18-29(13-3)33(23-20-26(5)6)39(27(7)17-16-19-31(14-4)36(8,9)10)35(40)34(38)30-21-22-32(37)25-28(12-2)24-30;1-2/h11,15,18,21,24-27,31,33,38H,12-14,16-17,19-20,22-23H2,1-10H3;1-2H3/b15-11-,29-18+,38-34?;. The van der Waals surface area contributed by atoms with Gasteiger partial charge in [0.1, 0.15) is 5.71 Å². The number of nitrogens with one attached hydrogen (secondary N) is 1. The Bertz CT molecular complexity index is 974. The van der Waals surface area contributed by atoms with Gasteiger partial charge in [0.25, 0.3) is 5.91 Å². The van der Waals surface area contributed by atoms with Gasteiger partial charge in [-0.2, -0.15) is 0 Å². The van der Waals surface area contributed by atoms with Crippen LogP contribution in [-0.4, -0.2) is 28.6 Å². The zero-order chi connectivity index (χ0) is 32.5. The molecular weight excluding hydrogens is 536 g/mol. The second-order valence-electron chi connectivity index (χ2n) is 13.0. The van der Waals surface area contributed by atoms with Crippen LogP contribution in [0.25, 0.3) is 0 Å². The number of halogens is 1. The number of amides is 1. The van der Waals surface area contributed by atoms with E-state index in [9.17, 15) is 4.79 Å². The second-order valence-corrected chi connectivity index (χ2v) is 13.5. The minimum absolute atomic E-state index is 0.0289. The van der Waals surface area contributed by atoms with Crippen molar-refractivity contribution in [1.29, 1.82) is 5.41 Å². The van der Waals surface area contributed by atoms with E-state index in [0.717, 1.165) is 55.6 Å². The highest BCUT2D eigenvalue weighted by molar-refractivity contribution is 6.45. The van der Waals surface area contributed by atoms with Gasteiger partial charge in [0.05, 0.1) is 6.04 Å². The average molecular weight is 601 g/mol. The molecule has 240 valence electrons. The maximum Gasteiger partial charge on any atom is 0.273 e. The second kappa shape index (κ2) is 20.9. The molecule has 0 fully saturated rings. The highest BCUT2D eigenvalue weighted by Crippen LogP contribution is 2.34. The number of nitrogens with zero attached hydrogens (tertiary/aromatic N) is 1. The molecular formula is C38H65ClN2O. The lowest BCUT2D eigenvalue weighted by Crippen LogP contribution is -2.50. The molecule has 0 aromatic rings. The summed E-state index contributed by atoms with van der Waals surface area (Å²) in [5.41, 5.74) is 3.36. The summed E-state index contributed by atoms with van der Waals surface area (Å²) in [6.45, 7) is 26.3. The van der Waals surface area contributed by atoms with Gasteiger partial charge in [-0.1, -0.05) is 118 Å². The van der Waals surface area contributed by atoms with Gasteiger partial charge >= 0.3 is 0 Å². The molecule has 1 amide bonds. The molecule has 3 nitrogen and oxygen atoms in total. The Morgan fingerprint density at radius 2 is 1.69 bits per heavy atom. The lowest BCUT2D eigenvalue weighted by atomic mass is 9.76. The maximum absolute atomic E-state index is 14.4. The van der Waals surface area contributed by atoms with Crippen molar-refractivity contribution in [1.82, 2.24) is 4.90 Å². The van der Waals surface area contributed by atoms with E-state index in [4.69, 9.17) is 17.0 Å². The molecule has 0 aromatic heterocycles. The maximum atomic E-state index is 14.4. The van der Waals surface area contributed by atoms with Gasteiger partial charge in [-0.25, -0.2) is 0 Å². The van der Waals surface area contributed by atoms with Crippen molar-refractivity contribution in [2.45, 2.75) is 153 Å².